The summed E-state index contributed by atoms with van der Waals surface area (Å²) >= 11 is 12.1. The van der Waals surface area contributed by atoms with Gasteiger partial charge < -0.3 is 10.6 Å². The minimum absolute atomic E-state index is 0.0540. The predicted molar refractivity (Wildman–Crippen MR) is 110 cm³/mol. The predicted octanol–water partition coefficient (Wildman–Crippen LogP) is 4.30. The fraction of sp³-hybridized carbons (Fsp3) is 0.450. The maximum absolute atomic E-state index is 12.8. The summed E-state index contributed by atoms with van der Waals surface area (Å²) in [6, 6.07) is 4.99. The van der Waals surface area contributed by atoms with Gasteiger partial charge in [-0.1, -0.05) is 50.0 Å². The second-order valence-electron chi connectivity index (χ2n) is 8.47. The van der Waals surface area contributed by atoms with E-state index in [9.17, 15) is 9.59 Å². The Hall–Kier alpha value is -2.05. The standard InChI is InChI=1S/C20H24Cl2N4O2/c1-11-9-25(16(27)8-20(2,3)4)10-15-17(19(23)28)18(24-26(11)15)12-5-6-13(21)14(22)7-12/h5-7,11H,8-10H2,1-4H3,(H2,23,28). The molecule has 0 saturated heterocycles. The van der Waals surface area contributed by atoms with E-state index in [1.54, 1.807) is 27.8 Å². The molecule has 0 bridgehead atoms. The number of nitrogens with two attached hydrogens (primary N) is 1. The molecule has 2 heterocycles. The molecule has 6 nitrogen and oxygen atoms in total. The Bertz CT molecular complexity index is 946. The molecule has 1 atom stereocenters. The highest BCUT2D eigenvalue weighted by Gasteiger charge is 2.33. The summed E-state index contributed by atoms with van der Waals surface area (Å²) in [7, 11) is 0. The normalized spacial score (nSPS) is 16.8. The molecule has 8 heteroatoms. The lowest BCUT2D eigenvalue weighted by molar-refractivity contribution is -0.135. The lowest BCUT2D eigenvalue weighted by Crippen LogP contribution is -2.42. The Morgan fingerprint density at radius 2 is 1.93 bits per heavy atom. The fourth-order valence-corrected chi connectivity index (χ4v) is 3.79. The van der Waals surface area contributed by atoms with Crippen molar-refractivity contribution in [2.45, 2.75) is 46.7 Å². The first-order valence-corrected chi connectivity index (χ1v) is 9.88. The number of benzene rings is 1. The van der Waals surface area contributed by atoms with Crippen LogP contribution in [0.15, 0.2) is 18.2 Å². The Kier molecular flexibility index (Phi) is 5.47. The molecular weight excluding hydrogens is 399 g/mol. The minimum Gasteiger partial charge on any atom is -0.365 e. The number of aromatic nitrogens is 2. The van der Waals surface area contributed by atoms with Gasteiger partial charge >= 0.3 is 0 Å². The first-order chi connectivity index (χ1) is 13.0. The minimum atomic E-state index is -0.584. The zero-order chi connectivity index (χ0) is 20.8. The molecule has 1 aliphatic rings. The van der Waals surface area contributed by atoms with Crippen molar-refractivity contribution < 1.29 is 9.59 Å². The van der Waals surface area contributed by atoms with E-state index in [0.717, 1.165) is 0 Å². The molecule has 1 aromatic heterocycles. The van der Waals surface area contributed by atoms with Gasteiger partial charge in [-0.3, -0.25) is 14.3 Å². The summed E-state index contributed by atoms with van der Waals surface area (Å²) in [6.45, 7) is 8.88. The number of primary amides is 1. The number of carbonyl (C=O) groups is 2. The number of amides is 2. The van der Waals surface area contributed by atoms with Crippen molar-refractivity contribution in [3.05, 3.63) is 39.5 Å². The van der Waals surface area contributed by atoms with Gasteiger partial charge in [0.15, 0.2) is 0 Å². The number of halogens is 2. The van der Waals surface area contributed by atoms with E-state index >= 15 is 0 Å². The van der Waals surface area contributed by atoms with Crippen LogP contribution >= 0.6 is 23.2 Å². The molecule has 0 saturated carbocycles. The number of fused-ring (bicyclic) bond motifs is 1. The van der Waals surface area contributed by atoms with Crippen LogP contribution in [-0.4, -0.2) is 33.0 Å². The quantitative estimate of drug-likeness (QED) is 0.800. The summed E-state index contributed by atoms with van der Waals surface area (Å²) in [5.41, 5.74) is 7.67. The Morgan fingerprint density at radius 1 is 1.25 bits per heavy atom. The molecule has 0 aliphatic carbocycles. The first kappa shape index (κ1) is 20.7. The zero-order valence-corrected chi connectivity index (χ0v) is 17.9. The van der Waals surface area contributed by atoms with E-state index in [0.29, 0.717) is 52.1 Å². The van der Waals surface area contributed by atoms with Crippen LogP contribution in [-0.2, 0) is 11.3 Å². The van der Waals surface area contributed by atoms with E-state index in [2.05, 4.69) is 5.10 Å². The third-order valence-electron chi connectivity index (χ3n) is 4.73. The van der Waals surface area contributed by atoms with Gasteiger partial charge in [0, 0.05) is 18.5 Å². The summed E-state index contributed by atoms with van der Waals surface area (Å²) in [6.07, 6.45) is 0.430. The number of rotatable bonds is 3. The monoisotopic (exact) mass is 422 g/mol. The molecule has 0 fully saturated rings. The van der Waals surface area contributed by atoms with Gasteiger partial charge in [-0.25, -0.2) is 0 Å². The van der Waals surface area contributed by atoms with Gasteiger partial charge in [-0.15, -0.1) is 0 Å². The second kappa shape index (κ2) is 7.41. The molecule has 2 N–H and O–H groups in total. The largest absolute Gasteiger partial charge is 0.365 e. The first-order valence-electron chi connectivity index (χ1n) is 9.12. The van der Waals surface area contributed by atoms with Crippen LogP contribution in [0, 0.1) is 5.41 Å². The fourth-order valence-electron chi connectivity index (χ4n) is 3.49. The SMILES string of the molecule is CC1CN(C(=O)CC(C)(C)C)Cc2c(C(N)=O)c(-c3ccc(Cl)c(Cl)c3)nn21. The average Bonchev–Trinajstić information content (AvgIpc) is 2.96. The van der Waals surface area contributed by atoms with Crippen LogP contribution in [0.5, 0.6) is 0 Å². The van der Waals surface area contributed by atoms with Gasteiger partial charge in [0.25, 0.3) is 5.91 Å². The van der Waals surface area contributed by atoms with E-state index in [-0.39, 0.29) is 17.4 Å². The Morgan fingerprint density at radius 3 is 2.50 bits per heavy atom. The Balaban J connectivity index is 2.05. The molecule has 0 radical (unpaired) electrons. The van der Waals surface area contributed by atoms with Gasteiger partial charge in [0.1, 0.15) is 5.69 Å². The lowest BCUT2D eigenvalue weighted by atomic mass is 9.91. The van der Waals surface area contributed by atoms with Gasteiger partial charge in [0.2, 0.25) is 5.91 Å². The van der Waals surface area contributed by atoms with Crippen molar-refractivity contribution >= 4 is 35.0 Å². The molecule has 28 heavy (non-hydrogen) atoms. The highest BCUT2D eigenvalue weighted by atomic mass is 35.5. The Labute approximate surface area is 174 Å². The summed E-state index contributed by atoms with van der Waals surface area (Å²) in [5.74, 6) is -0.530. The van der Waals surface area contributed by atoms with Crippen LogP contribution in [0.4, 0.5) is 0 Å². The van der Waals surface area contributed by atoms with Crippen LogP contribution in [0.25, 0.3) is 11.3 Å². The van der Waals surface area contributed by atoms with E-state index in [4.69, 9.17) is 28.9 Å². The van der Waals surface area contributed by atoms with Crippen molar-refractivity contribution in [3.8, 4) is 11.3 Å². The topological polar surface area (TPSA) is 81.2 Å². The summed E-state index contributed by atoms with van der Waals surface area (Å²) in [4.78, 5) is 26.8. The van der Waals surface area contributed by atoms with Gasteiger partial charge in [0.05, 0.1) is 33.9 Å². The molecule has 1 unspecified atom stereocenters. The second-order valence-corrected chi connectivity index (χ2v) is 9.28. The van der Waals surface area contributed by atoms with Crippen molar-refractivity contribution in [2.75, 3.05) is 6.54 Å². The maximum Gasteiger partial charge on any atom is 0.252 e. The number of hydrogen-bond donors (Lipinski definition) is 1. The molecule has 0 spiro atoms. The average molecular weight is 423 g/mol. The third kappa shape index (κ3) is 4.03. The molecule has 150 valence electrons. The van der Waals surface area contributed by atoms with Crippen LogP contribution in [0.2, 0.25) is 10.0 Å². The molecular formula is C20H24Cl2N4O2. The van der Waals surface area contributed by atoms with Crippen molar-refractivity contribution in [1.82, 2.24) is 14.7 Å². The van der Waals surface area contributed by atoms with E-state index in [1.807, 2.05) is 27.7 Å². The maximum atomic E-state index is 12.8. The summed E-state index contributed by atoms with van der Waals surface area (Å²) < 4.78 is 1.79. The summed E-state index contributed by atoms with van der Waals surface area (Å²) in [5, 5.41) is 5.43. The molecule has 3 rings (SSSR count). The van der Waals surface area contributed by atoms with Crippen molar-refractivity contribution in [1.29, 1.82) is 0 Å². The van der Waals surface area contributed by atoms with Crippen LogP contribution < -0.4 is 5.73 Å². The van der Waals surface area contributed by atoms with E-state index in [1.165, 1.54) is 0 Å². The van der Waals surface area contributed by atoms with Gasteiger partial charge in [-0.2, -0.15) is 5.10 Å². The molecule has 1 aliphatic heterocycles. The number of carbonyl (C=O) groups excluding carboxylic acids is 2. The molecule has 2 amide bonds. The van der Waals surface area contributed by atoms with Gasteiger partial charge in [-0.05, 0) is 24.5 Å². The van der Waals surface area contributed by atoms with E-state index < -0.39 is 5.91 Å². The zero-order valence-electron chi connectivity index (χ0n) is 16.4. The van der Waals surface area contributed by atoms with Crippen LogP contribution in [0.1, 0.15) is 56.2 Å². The highest BCUT2D eigenvalue weighted by molar-refractivity contribution is 6.42. The van der Waals surface area contributed by atoms with Crippen LogP contribution in [0.3, 0.4) is 0 Å². The third-order valence-corrected chi connectivity index (χ3v) is 5.47. The molecule has 2 aromatic rings. The highest BCUT2D eigenvalue weighted by Crippen LogP contribution is 2.34. The number of nitrogens with zero attached hydrogens (tertiary/aromatic N) is 3. The molecule has 1 aromatic carbocycles. The smallest absolute Gasteiger partial charge is 0.252 e. The van der Waals surface area contributed by atoms with Crippen molar-refractivity contribution in [2.24, 2.45) is 11.1 Å². The number of hydrogen-bond acceptors (Lipinski definition) is 3. The van der Waals surface area contributed by atoms with Crippen molar-refractivity contribution in [3.63, 3.8) is 0 Å². The lowest BCUT2D eigenvalue weighted by Gasteiger charge is -2.34.